The highest BCUT2D eigenvalue weighted by atomic mass is 35.5. The lowest BCUT2D eigenvalue weighted by atomic mass is 10.2. The Labute approximate surface area is 131 Å². The van der Waals surface area contributed by atoms with Gasteiger partial charge in [-0.15, -0.1) is 11.6 Å². The second-order valence-corrected chi connectivity index (χ2v) is 8.08. The molecule has 4 nitrogen and oxygen atoms in total. The lowest BCUT2D eigenvalue weighted by Gasteiger charge is -2.20. The van der Waals surface area contributed by atoms with E-state index < -0.39 is 26.4 Å². The first-order valence-electron chi connectivity index (χ1n) is 6.84. The zero-order valence-corrected chi connectivity index (χ0v) is 14.1. The van der Waals surface area contributed by atoms with Crippen LogP contribution in [0.3, 0.4) is 0 Å². The van der Waals surface area contributed by atoms with Crippen molar-refractivity contribution in [2.45, 2.75) is 43.4 Å². The van der Waals surface area contributed by atoms with E-state index in [9.17, 15) is 13.2 Å². The van der Waals surface area contributed by atoms with Crippen molar-refractivity contribution in [1.29, 1.82) is 0 Å². The second kappa shape index (κ2) is 7.27. The van der Waals surface area contributed by atoms with E-state index in [1.54, 1.807) is 12.1 Å². The van der Waals surface area contributed by atoms with Gasteiger partial charge in [0.2, 0.25) is 0 Å². The summed E-state index contributed by atoms with van der Waals surface area (Å²) in [7, 11) is -3.64. The molecule has 1 unspecified atom stereocenters. The fourth-order valence-electron chi connectivity index (χ4n) is 1.70. The van der Waals surface area contributed by atoms with Gasteiger partial charge in [0.1, 0.15) is 0 Å². The Morgan fingerprint density at radius 2 is 1.86 bits per heavy atom. The quantitative estimate of drug-likeness (QED) is 0.437. The summed E-state index contributed by atoms with van der Waals surface area (Å²) >= 11 is 6.08. The SMILES string of the molecule is CCCCOC(=O)C(C)(Cl)CS(=O)(=O)c1ccc(C)cc1. The minimum atomic E-state index is -3.64. The summed E-state index contributed by atoms with van der Waals surface area (Å²) < 4.78 is 29.6. The molecule has 0 aliphatic heterocycles. The maximum absolute atomic E-state index is 12.3. The smallest absolute Gasteiger partial charge is 0.327 e. The number of carbonyl (C=O) groups is 1. The Bertz CT molecular complexity index is 576. The van der Waals surface area contributed by atoms with Gasteiger partial charge in [0, 0.05) is 0 Å². The van der Waals surface area contributed by atoms with Crippen molar-refractivity contribution in [3.05, 3.63) is 29.8 Å². The molecule has 0 spiro atoms. The molecule has 118 valence electrons. The van der Waals surface area contributed by atoms with E-state index in [-0.39, 0.29) is 11.5 Å². The topological polar surface area (TPSA) is 60.4 Å². The van der Waals surface area contributed by atoms with Gasteiger partial charge < -0.3 is 4.74 Å². The molecule has 0 N–H and O–H groups in total. The monoisotopic (exact) mass is 332 g/mol. The van der Waals surface area contributed by atoms with Gasteiger partial charge in [0.25, 0.3) is 0 Å². The highest BCUT2D eigenvalue weighted by Crippen LogP contribution is 2.24. The summed E-state index contributed by atoms with van der Waals surface area (Å²) in [5.41, 5.74) is 0.960. The molecule has 21 heavy (non-hydrogen) atoms. The standard InChI is InChI=1S/C15H21ClO4S/c1-4-5-10-20-14(17)15(3,16)11-21(18,19)13-8-6-12(2)7-9-13/h6-9H,4-5,10-11H2,1-3H3. The fraction of sp³-hybridized carbons (Fsp3) is 0.533. The molecule has 0 aromatic heterocycles. The Hall–Kier alpha value is -1.07. The first-order valence-corrected chi connectivity index (χ1v) is 8.87. The normalized spacial score (nSPS) is 14.5. The minimum absolute atomic E-state index is 0.154. The highest BCUT2D eigenvalue weighted by molar-refractivity contribution is 7.91. The van der Waals surface area contributed by atoms with Crippen LogP contribution in [-0.4, -0.2) is 31.6 Å². The van der Waals surface area contributed by atoms with Crippen molar-refractivity contribution in [2.75, 3.05) is 12.4 Å². The average Bonchev–Trinajstić information content (AvgIpc) is 2.38. The third kappa shape index (κ3) is 5.32. The molecule has 0 amide bonds. The van der Waals surface area contributed by atoms with Crippen molar-refractivity contribution in [2.24, 2.45) is 0 Å². The molecule has 1 aromatic carbocycles. The van der Waals surface area contributed by atoms with Gasteiger partial charge in [-0.2, -0.15) is 0 Å². The lowest BCUT2D eigenvalue weighted by Crippen LogP contribution is -2.38. The van der Waals surface area contributed by atoms with Gasteiger partial charge in [0.05, 0.1) is 17.3 Å². The van der Waals surface area contributed by atoms with Crippen LogP contribution >= 0.6 is 11.6 Å². The fourth-order valence-corrected chi connectivity index (χ4v) is 3.74. The van der Waals surface area contributed by atoms with Crippen LogP contribution in [0.5, 0.6) is 0 Å². The molecule has 0 bridgehead atoms. The number of benzene rings is 1. The predicted molar refractivity (Wildman–Crippen MR) is 83.4 cm³/mol. The third-order valence-corrected chi connectivity index (χ3v) is 5.39. The summed E-state index contributed by atoms with van der Waals surface area (Å²) in [6.45, 7) is 5.46. The maximum atomic E-state index is 12.3. The number of hydrogen-bond donors (Lipinski definition) is 0. The number of halogens is 1. The van der Waals surface area contributed by atoms with E-state index in [1.807, 2.05) is 13.8 Å². The summed E-state index contributed by atoms with van der Waals surface area (Å²) in [5, 5.41) is 0. The number of unbranched alkanes of at least 4 members (excludes halogenated alkanes) is 1. The van der Waals surface area contributed by atoms with Crippen LogP contribution in [-0.2, 0) is 19.4 Å². The van der Waals surface area contributed by atoms with Crippen LogP contribution in [0.1, 0.15) is 32.3 Å². The number of ether oxygens (including phenoxy) is 1. The molecule has 0 aliphatic carbocycles. The Kier molecular flexibility index (Phi) is 6.23. The van der Waals surface area contributed by atoms with Crippen LogP contribution in [0.15, 0.2) is 29.2 Å². The highest BCUT2D eigenvalue weighted by Gasteiger charge is 2.38. The minimum Gasteiger partial charge on any atom is -0.464 e. The summed E-state index contributed by atoms with van der Waals surface area (Å²) in [5.74, 6) is -1.19. The van der Waals surface area contributed by atoms with Crippen LogP contribution < -0.4 is 0 Å². The van der Waals surface area contributed by atoms with E-state index in [0.717, 1.165) is 18.4 Å². The number of alkyl halides is 1. The zero-order chi connectivity index (χ0) is 16.1. The maximum Gasteiger partial charge on any atom is 0.327 e. The second-order valence-electron chi connectivity index (χ2n) is 5.26. The van der Waals surface area contributed by atoms with Crippen LogP contribution in [0.25, 0.3) is 0 Å². The van der Waals surface area contributed by atoms with Gasteiger partial charge in [0.15, 0.2) is 14.7 Å². The van der Waals surface area contributed by atoms with E-state index in [0.29, 0.717) is 0 Å². The van der Waals surface area contributed by atoms with Gasteiger partial charge in [-0.25, -0.2) is 8.42 Å². The number of rotatable bonds is 7. The van der Waals surface area contributed by atoms with Gasteiger partial charge in [-0.05, 0) is 32.4 Å². The molecule has 1 aromatic rings. The molecule has 1 atom stereocenters. The van der Waals surface area contributed by atoms with Crippen molar-refractivity contribution in [3.8, 4) is 0 Å². The molecular formula is C15H21ClO4S. The predicted octanol–water partition coefficient (Wildman–Crippen LogP) is 3.11. The molecule has 0 aliphatic rings. The number of hydrogen-bond acceptors (Lipinski definition) is 4. The number of aryl methyl sites for hydroxylation is 1. The van der Waals surface area contributed by atoms with E-state index >= 15 is 0 Å². The number of carbonyl (C=O) groups excluding carboxylic acids is 1. The van der Waals surface area contributed by atoms with Crippen LogP contribution in [0, 0.1) is 6.92 Å². The Morgan fingerprint density at radius 1 is 1.29 bits per heavy atom. The molecule has 0 heterocycles. The number of esters is 1. The Balaban J connectivity index is 2.81. The van der Waals surface area contributed by atoms with Gasteiger partial charge in [-0.1, -0.05) is 31.0 Å². The van der Waals surface area contributed by atoms with Crippen LogP contribution in [0.4, 0.5) is 0 Å². The van der Waals surface area contributed by atoms with Gasteiger partial charge in [-0.3, -0.25) is 4.79 Å². The Morgan fingerprint density at radius 3 is 2.38 bits per heavy atom. The van der Waals surface area contributed by atoms with Crippen LogP contribution in [0.2, 0.25) is 0 Å². The molecule has 0 saturated heterocycles. The van der Waals surface area contributed by atoms with Crippen molar-refractivity contribution in [1.82, 2.24) is 0 Å². The van der Waals surface area contributed by atoms with Crippen molar-refractivity contribution < 1.29 is 17.9 Å². The first kappa shape index (κ1) is 18.0. The van der Waals surface area contributed by atoms with E-state index in [2.05, 4.69) is 0 Å². The van der Waals surface area contributed by atoms with Gasteiger partial charge >= 0.3 is 5.97 Å². The van der Waals surface area contributed by atoms with Crippen molar-refractivity contribution in [3.63, 3.8) is 0 Å². The molecule has 0 saturated carbocycles. The van der Waals surface area contributed by atoms with E-state index in [1.165, 1.54) is 19.1 Å². The number of sulfone groups is 1. The largest absolute Gasteiger partial charge is 0.464 e. The summed E-state index contributed by atoms with van der Waals surface area (Å²) in [6, 6.07) is 6.44. The molecule has 6 heteroatoms. The molecule has 0 fully saturated rings. The summed E-state index contributed by atoms with van der Waals surface area (Å²) in [4.78, 5) is 10.5. The lowest BCUT2D eigenvalue weighted by molar-refractivity contribution is -0.145. The zero-order valence-electron chi connectivity index (χ0n) is 12.6. The molecule has 1 rings (SSSR count). The molecular weight excluding hydrogens is 312 g/mol. The average molecular weight is 333 g/mol. The first-order chi connectivity index (χ1) is 9.69. The summed E-state index contributed by atoms with van der Waals surface area (Å²) in [6.07, 6.45) is 1.61. The van der Waals surface area contributed by atoms with E-state index in [4.69, 9.17) is 16.3 Å². The third-order valence-electron chi connectivity index (χ3n) is 3.00. The molecule has 0 radical (unpaired) electrons. The van der Waals surface area contributed by atoms with Crippen molar-refractivity contribution >= 4 is 27.4 Å².